The second kappa shape index (κ2) is 19.6. The van der Waals surface area contributed by atoms with Crippen LogP contribution in [0.5, 0.6) is 0 Å². The number of halogens is 6. The van der Waals surface area contributed by atoms with Gasteiger partial charge in [0.2, 0.25) is 5.89 Å². The van der Waals surface area contributed by atoms with E-state index in [9.17, 15) is 45.5 Å². The van der Waals surface area contributed by atoms with Gasteiger partial charge in [-0.15, -0.1) is 10.2 Å². The second-order valence-corrected chi connectivity index (χ2v) is 14.2. The number of ketones is 1. The molecule has 2 fully saturated rings. The summed E-state index contributed by atoms with van der Waals surface area (Å²) in [6.07, 6.45) is -5.79. The quantitative estimate of drug-likeness (QED) is 0.110. The summed E-state index contributed by atoms with van der Waals surface area (Å²) in [5.74, 6) is -4.39. The Morgan fingerprint density at radius 3 is 1.46 bits per heavy atom. The minimum Gasteiger partial charge on any atom is -0.413 e. The first-order valence-corrected chi connectivity index (χ1v) is 19.4. The van der Waals surface area contributed by atoms with Crippen LogP contribution in [0.1, 0.15) is 53.1 Å². The Hall–Kier alpha value is -6.72. The van der Waals surface area contributed by atoms with E-state index in [4.69, 9.17) is 4.42 Å². The molecule has 0 radical (unpaired) electrons. The first kappa shape index (κ1) is 43.8. The Balaban J connectivity index is 0.000000204. The zero-order valence-corrected chi connectivity index (χ0v) is 32.7. The number of hydrogen-bond acceptors (Lipinski definition) is 7. The Morgan fingerprint density at radius 1 is 0.607 bits per heavy atom. The first-order chi connectivity index (χ1) is 29.2. The molecular formula is C43H41F6N7O5. The molecule has 0 spiro atoms. The highest BCUT2D eigenvalue weighted by Crippen LogP contribution is 2.31. The largest absolute Gasteiger partial charge is 0.471 e. The number of nitrogens with one attached hydrogen (secondary N) is 1. The molecule has 3 heterocycles. The molecule has 5 amide bonds. The summed E-state index contributed by atoms with van der Waals surface area (Å²) < 4.78 is 79.4. The zero-order chi connectivity index (χ0) is 43.6. The van der Waals surface area contributed by atoms with E-state index >= 15 is 0 Å². The van der Waals surface area contributed by atoms with Crippen LogP contribution in [0.3, 0.4) is 0 Å². The zero-order valence-electron chi connectivity index (χ0n) is 32.7. The number of hydrogen-bond donors (Lipinski definition) is 1. The molecule has 2 aliphatic rings. The lowest BCUT2D eigenvalue weighted by atomic mass is 10.1. The number of urea groups is 2. The molecule has 7 rings (SSSR count). The Labute approximate surface area is 346 Å². The van der Waals surface area contributed by atoms with Gasteiger partial charge in [0.05, 0.1) is 19.6 Å². The summed E-state index contributed by atoms with van der Waals surface area (Å²) in [5, 5.41) is 8.07. The molecule has 0 saturated carbocycles. The lowest BCUT2D eigenvalue weighted by molar-refractivity contribution is -0.173. The van der Waals surface area contributed by atoms with Crippen molar-refractivity contribution in [2.75, 3.05) is 42.5 Å². The fourth-order valence-electron chi connectivity index (χ4n) is 6.64. The van der Waals surface area contributed by atoms with Crippen molar-refractivity contribution in [2.24, 2.45) is 0 Å². The number of carbonyl (C=O) groups is 4. The molecule has 0 bridgehead atoms. The highest BCUT2D eigenvalue weighted by molar-refractivity contribution is 6.00. The maximum atomic E-state index is 13.0. The molecule has 0 atom stereocenters. The topological polar surface area (TPSA) is 132 Å². The van der Waals surface area contributed by atoms with Crippen molar-refractivity contribution in [2.45, 2.75) is 51.1 Å². The Morgan fingerprint density at radius 2 is 1.05 bits per heavy atom. The Kier molecular flexibility index (Phi) is 14.1. The molecule has 61 heavy (non-hydrogen) atoms. The predicted molar refractivity (Wildman–Crippen MR) is 212 cm³/mol. The van der Waals surface area contributed by atoms with Crippen LogP contribution in [0, 0.1) is 0 Å². The Bertz CT molecular complexity index is 2240. The summed E-state index contributed by atoms with van der Waals surface area (Å²) in [7, 11) is 0. The van der Waals surface area contributed by atoms with Crippen molar-refractivity contribution < 1.29 is 49.9 Å². The minimum atomic E-state index is -5.03. The molecule has 1 aromatic heterocycles. The van der Waals surface area contributed by atoms with Crippen LogP contribution in [-0.4, -0.2) is 82.6 Å². The van der Waals surface area contributed by atoms with Gasteiger partial charge in [0.15, 0.2) is 5.78 Å². The van der Waals surface area contributed by atoms with Gasteiger partial charge < -0.3 is 19.5 Å². The third-order valence-electron chi connectivity index (χ3n) is 9.84. The van der Waals surface area contributed by atoms with Crippen LogP contribution in [0.25, 0.3) is 11.5 Å². The number of carbonyl (C=O) groups excluding carboxylic acids is 4. The summed E-state index contributed by atoms with van der Waals surface area (Å²) in [5.41, 5.74) is 3.65. The maximum absolute atomic E-state index is 13.0. The molecule has 320 valence electrons. The van der Waals surface area contributed by atoms with Crippen molar-refractivity contribution in [3.8, 4) is 11.5 Å². The molecule has 0 aliphatic carbocycles. The van der Waals surface area contributed by atoms with Crippen LogP contribution >= 0.6 is 0 Å². The average molecular weight is 850 g/mol. The standard InChI is InChI=1S/C22H22F3N3O3.C21H19F3N4O2/c23-22(24,25)20(30)26-14-19(29)17-10-8-16(9-11-17)15-28(18-6-2-1-3-7-18)21(31)27-12-4-5-13-27;22-21(23,24)19-26-25-18(30-19)16-10-8-15(9-11-16)14-28(17-6-2-1-3-7-17)20(29)27-12-4-5-13-27/h1-3,6-11H,4-5,12-15H2,(H,26,30);1-3,6-11H,4-5,12-14H2. The van der Waals surface area contributed by atoms with Crippen LogP contribution in [0.2, 0.25) is 0 Å². The van der Waals surface area contributed by atoms with E-state index in [2.05, 4.69) is 10.2 Å². The van der Waals surface area contributed by atoms with E-state index in [-0.39, 0.29) is 30.1 Å². The number of anilines is 2. The summed E-state index contributed by atoms with van der Waals surface area (Å²) in [6, 6.07) is 31.4. The lowest BCUT2D eigenvalue weighted by Gasteiger charge is -2.28. The van der Waals surface area contributed by atoms with Crippen LogP contribution in [-0.2, 0) is 24.1 Å². The SMILES string of the molecule is O=C(CNC(=O)C(F)(F)F)c1ccc(CN(C(=O)N2CCCC2)c2ccccc2)cc1.O=C(N1CCCC1)N(Cc1ccc(-c2nnc(C(F)(F)F)o2)cc1)c1ccccc1. The maximum Gasteiger partial charge on any atom is 0.471 e. The van der Waals surface area contributed by atoms with Crippen molar-refractivity contribution in [1.29, 1.82) is 0 Å². The predicted octanol–water partition coefficient (Wildman–Crippen LogP) is 8.75. The average Bonchev–Trinajstić information content (AvgIpc) is 4.09. The highest BCUT2D eigenvalue weighted by Gasteiger charge is 2.39. The normalized spacial score (nSPS) is 13.9. The molecule has 4 aromatic carbocycles. The highest BCUT2D eigenvalue weighted by atomic mass is 19.4. The van der Waals surface area contributed by atoms with Crippen LogP contribution in [0.15, 0.2) is 114 Å². The first-order valence-electron chi connectivity index (χ1n) is 19.4. The molecule has 2 aliphatic heterocycles. The van der Waals surface area contributed by atoms with Crippen LogP contribution in [0.4, 0.5) is 47.3 Å². The van der Waals surface area contributed by atoms with E-state index in [0.717, 1.165) is 61.3 Å². The number of rotatable bonds is 10. The summed E-state index contributed by atoms with van der Waals surface area (Å²) >= 11 is 0. The lowest BCUT2D eigenvalue weighted by Crippen LogP contribution is -2.41. The minimum absolute atomic E-state index is 0.0607. The van der Waals surface area contributed by atoms with Crippen molar-refractivity contribution in [1.82, 2.24) is 25.3 Å². The fourth-order valence-corrected chi connectivity index (χ4v) is 6.64. The second-order valence-electron chi connectivity index (χ2n) is 14.2. The monoisotopic (exact) mass is 849 g/mol. The molecule has 12 nitrogen and oxygen atoms in total. The number of likely N-dealkylation sites (tertiary alicyclic amines) is 2. The molecule has 1 N–H and O–H groups in total. The van der Waals surface area contributed by atoms with Gasteiger partial charge in [-0.3, -0.25) is 19.4 Å². The third kappa shape index (κ3) is 11.7. The fraction of sp³-hybridized carbons (Fsp3) is 0.302. The van der Waals surface area contributed by atoms with Crippen LogP contribution < -0.4 is 15.1 Å². The molecule has 2 saturated heterocycles. The summed E-state index contributed by atoms with van der Waals surface area (Å²) in [6.45, 7) is 2.75. The van der Waals surface area contributed by atoms with Gasteiger partial charge in [0.1, 0.15) is 0 Å². The van der Waals surface area contributed by atoms with E-state index in [1.807, 2.05) is 65.6 Å². The number of Topliss-reactive ketones (excluding diaryl/α,β-unsaturated/α-hetero) is 1. The van der Waals surface area contributed by atoms with Gasteiger partial charge in [-0.2, -0.15) is 26.3 Å². The van der Waals surface area contributed by atoms with Gasteiger partial charge in [-0.1, -0.05) is 72.8 Å². The molecular weight excluding hydrogens is 809 g/mol. The van der Waals surface area contributed by atoms with Gasteiger partial charge >= 0.3 is 36.2 Å². The van der Waals surface area contributed by atoms with E-state index < -0.39 is 36.5 Å². The van der Waals surface area contributed by atoms with Crippen molar-refractivity contribution in [3.63, 3.8) is 0 Å². The number of nitrogens with zero attached hydrogens (tertiary/aromatic N) is 6. The van der Waals surface area contributed by atoms with Gasteiger partial charge in [0, 0.05) is 48.7 Å². The van der Waals surface area contributed by atoms with E-state index in [0.29, 0.717) is 25.2 Å². The van der Waals surface area contributed by atoms with Gasteiger partial charge in [-0.05, 0) is 73.2 Å². The van der Waals surface area contributed by atoms with E-state index in [1.165, 1.54) is 12.1 Å². The third-order valence-corrected chi connectivity index (χ3v) is 9.84. The number of amides is 5. The number of aromatic nitrogens is 2. The summed E-state index contributed by atoms with van der Waals surface area (Å²) in [4.78, 5) is 56.0. The molecule has 18 heteroatoms. The van der Waals surface area contributed by atoms with Crippen molar-refractivity contribution in [3.05, 3.63) is 132 Å². The number of para-hydroxylation sites is 2. The smallest absolute Gasteiger partial charge is 0.413 e. The molecule has 5 aromatic rings. The van der Waals surface area contributed by atoms with Gasteiger partial charge in [-0.25, -0.2) is 9.59 Å². The van der Waals surface area contributed by atoms with Gasteiger partial charge in [0.25, 0.3) is 0 Å². The number of alkyl halides is 6. The molecule has 0 unspecified atom stereocenters. The number of benzene rings is 4. The van der Waals surface area contributed by atoms with E-state index in [1.54, 1.807) is 56.4 Å². The van der Waals surface area contributed by atoms with Crippen molar-refractivity contribution >= 4 is 35.1 Å².